The minimum Gasteiger partial charge on any atom is -0.475 e. The first-order valence-corrected chi connectivity index (χ1v) is 15.0. The molecule has 0 spiro atoms. The van der Waals surface area contributed by atoms with Crippen LogP contribution in [-0.2, 0) is 30.5 Å². The number of amides is 2. The number of halogens is 7. The molecule has 0 saturated carbocycles. The van der Waals surface area contributed by atoms with Crippen molar-refractivity contribution in [3.05, 3.63) is 70.8 Å². The zero-order valence-corrected chi connectivity index (χ0v) is 25.1. The Morgan fingerprint density at radius 2 is 1.74 bits per heavy atom. The van der Waals surface area contributed by atoms with Gasteiger partial charge in [-0.05, 0) is 42.8 Å². The van der Waals surface area contributed by atoms with Crippen molar-refractivity contribution < 1.29 is 59.0 Å². The minimum atomic E-state index is -5.08. The van der Waals surface area contributed by atoms with E-state index in [1.807, 2.05) is 0 Å². The van der Waals surface area contributed by atoms with Gasteiger partial charge in [-0.1, -0.05) is 29.8 Å². The van der Waals surface area contributed by atoms with Crippen LogP contribution in [0.4, 0.5) is 32.0 Å². The van der Waals surface area contributed by atoms with Crippen LogP contribution in [0.5, 0.6) is 0 Å². The summed E-state index contributed by atoms with van der Waals surface area (Å²) >= 11 is 6.20. The van der Waals surface area contributed by atoms with Crippen LogP contribution in [0.15, 0.2) is 59.5 Å². The Balaban J connectivity index is 0.000000738. The van der Waals surface area contributed by atoms with Crippen LogP contribution in [-0.4, -0.2) is 87.3 Å². The molecule has 2 atom stereocenters. The van der Waals surface area contributed by atoms with Gasteiger partial charge in [0.15, 0.2) is 0 Å². The number of carbonyl (C=O) groups is 3. The summed E-state index contributed by atoms with van der Waals surface area (Å²) in [6.45, 7) is 0.406. The molecule has 252 valence electrons. The predicted octanol–water partition coefficient (Wildman–Crippen LogP) is 3.43. The Morgan fingerprint density at radius 1 is 1.07 bits per heavy atom. The summed E-state index contributed by atoms with van der Waals surface area (Å²) in [4.78, 5) is 35.9. The molecule has 1 fully saturated rings. The van der Waals surface area contributed by atoms with Crippen LogP contribution in [0.1, 0.15) is 22.3 Å². The third-order valence-corrected chi connectivity index (χ3v) is 8.68. The van der Waals surface area contributed by atoms with Gasteiger partial charge in [-0.2, -0.15) is 26.3 Å². The van der Waals surface area contributed by atoms with E-state index in [9.17, 15) is 44.3 Å². The van der Waals surface area contributed by atoms with Crippen molar-refractivity contribution in [3.8, 4) is 0 Å². The van der Waals surface area contributed by atoms with E-state index in [2.05, 4.69) is 5.32 Å². The van der Waals surface area contributed by atoms with Crippen molar-refractivity contribution in [1.82, 2.24) is 10.2 Å². The zero-order chi connectivity index (χ0) is 34.4. The first-order valence-electron chi connectivity index (χ1n) is 13.2. The molecular weight excluding hydrogens is 674 g/mol. The van der Waals surface area contributed by atoms with E-state index in [0.717, 1.165) is 28.6 Å². The normalized spacial score (nSPS) is 21.7. The molecule has 19 heteroatoms. The van der Waals surface area contributed by atoms with Gasteiger partial charge in [-0.3, -0.25) is 13.9 Å². The number of nitrogens with two attached hydrogens (primary N) is 1. The van der Waals surface area contributed by atoms with Crippen LogP contribution in [0.3, 0.4) is 0 Å². The highest BCUT2D eigenvalue weighted by atomic mass is 35.5. The molecule has 2 unspecified atom stereocenters. The van der Waals surface area contributed by atoms with Gasteiger partial charge < -0.3 is 25.8 Å². The predicted molar refractivity (Wildman–Crippen MR) is 152 cm³/mol. The molecule has 46 heavy (non-hydrogen) atoms. The Hall–Kier alpha value is -3.87. The Morgan fingerprint density at radius 3 is 2.37 bits per heavy atom. The lowest BCUT2D eigenvalue weighted by Gasteiger charge is -2.34. The maximum atomic E-state index is 13.7. The maximum absolute atomic E-state index is 13.7. The van der Waals surface area contributed by atoms with Crippen molar-refractivity contribution in [2.45, 2.75) is 35.8 Å². The van der Waals surface area contributed by atoms with Gasteiger partial charge in [-0.25, -0.2) is 13.2 Å². The average molecular weight is 701 g/mol. The maximum Gasteiger partial charge on any atom is 0.490 e. The van der Waals surface area contributed by atoms with Crippen molar-refractivity contribution in [3.63, 3.8) is 0 Å². The summed E-state index contributed by atoms with van der Waals surface area (Å²) in [5.74, 6) is -3.79. The molecule has 4 rings (SSSR count). The summed E-state index contributed by atoms with van der Waals surface area (Å²) in [5, 5.41) is 9.74. The molecule has 11 nitrogen and oxygen atoms in total. The third kappa shape index (κ3) is 9.34. The minimum absolute atomic E-state index is 0.0153. The molecule has 1 saturated heterocycles. The number of fused-ring (bicyclic) bond motifs is 4. The number of carboxylic acids is 1. The summed E-state index contributed by atoms with van der Waals surface area (Å²) in [7, 11) is -4.48. The fraction of sp³-hybridized carbons (Fsp3) is 0.370. The monoisotopic (exact) mass is 700 g/mol. The second kappa shape index (κ2) is 14.7. The number of ether oxygens (including phenoxy) is 1. The number of nitrogens with one attached hydrogen (secondary N) is 1. The highest BCUT2D eigenvalue weighted by Gasteiger charge is 2.38. The summed E-state index contributed by atoms with van der Waals surface area (Å²) in [6, 6.07) is 6.42. The van der Waals surface area contributed by atoms with Crippen molar-refractivity contribution in [2.75, 3.05) is 37.1 Å². The van der Waals surface area contributed by atoms with E-state index in [1.165, 1.54) is 35.3 Å². The number of morpholine rings is 1. The lowest BCUT2D eigenvalue weighted by atomic mass is 10.1. The molecule has 2 aliphatic heterocycles. The number of anilines is 1. The molecule has 2 amide bonds. The van der Waals surface area contributed by atoms with Gasteiger partial charge in [0.2, 0.25) is 5.91 Å². The van der Waals surface area contributed by atoms with Crippen molar-refractivity contribution in [2.24, 2.45) is 5.73 Å². The Kier molecular flexibility index (Phi) is 11.7. The smallest absolute Gasteiger partial charge is 0.475 e. The molecule has 2 heterocycles. The molecule has 0 radical (unpaired) electrons. The first-order chi connectivity index (χ1) is 21.3. The molecule has 4 bridgehead atoms. The van der Waals surface area contributed by atoms with Gasteiger partial charge >= 0.3 is 18.3 Å². The van der Waals surface area contributed by atoms with E-state index >= 15 is 0 Å². The second-order valence-corrected chi connectivity index (χ2v) is 12.1. The Labute approximate surface area is 263 Å². The number of sulfonamides is 1. The van der Waals surface area contributed by atoms with Gasteiger partial charge in [0.05, 0.1) is 52.0 Å². The number of benzene rings is 2. The number of alkyl halides is 6. The van der Waals surface area contributed by atoms with Crippen LogP contribution >= 0.6 is 11.6 Å². The van der Waals surface area contributed by atoms with E-state index in [1.54, 1.807) is 0 Å². The third-order valence-electron chi connectivity index (χ3n) is 6.56. The molecule has 0 aliphatic carbocycles. The van der Waals surface area contributed by atoms with Crippen molar-refractivity contribution >= 4 is 45.1 Å². The lowest BCUT2D eigenvalue weighted by Crippen LogP contribution is -2.53. The topological polar surface area (TPSA) is 159 Å². The van der Waals surface area contributed by atoms with E-state index in [-0.39, 0.29) is 59.7 Å². The molecule has 0 aromatic heterocycles. The number of hydrogen-bond donors (Lipinski definition) is 3. The number of rotatable bonds is 1. The molecule has 4 N–H and O–H groups in total. The van der Waals surface area contributed by atoms with Gasteiger partial charge in [0.25, 0.3) is 15.9 Å². The summed E-state index contributed by atoms with van der Waals surface area (Å²) in [6.07, 6.45) is -7.32. The molecule has 2 aromatic rings. The number of aliphatic carboxylic acids is 1. The van der Waals surface area contributed by atoms with E-state index in [0.29, 0.717) is 6.54 Å². The van der Waals surface area contributed by atoms with Crippen LogP contribution in [0.25, 0.3) is 0 Å². The van der Waals surface area contributed by atoms with Gasteiger partial charge in [0, 0.05) is 19.6 Å². The molecular formula is C27H27ClF6N4O7S. The summed E-state index contributed by atoms with van der Waals surface area (Å²) < 4.78 is 106. The van der Waals surface area contributed by atoms with E-state index < -0.39 is 52.0 Å². The Bertz CT molecular complexity index is 1590. The first kappa shape index (κ1) is 36.6. The molecule has 2 aromatic carbocycles. The van der Waals surface area contributed by atoms with Crippen LogP contribution in [0.2, 0.25) is 5.02 Å². The van der Waals surface area contributed by atoms with Gasteiger partial charge in [-0.15, -0.1) is 0 Å². The fourth-order valence-electron chi connectivity index (χ4n) is 4.24. The number of nitrogens with zero attached hydrogens (tertiary/aromatic N) is 2. The van der Waals surface area contributed by atoms with Crippen LogP contribution in [0, 0.1) is 0 Å². The van der Waals surface area contributed by atoms with Gasteiger partial charge in [0.1, 0.15) is 0 Å². The number of carboxylic acid groups (broad SMARTS) is 1. The number of carbonyl (C=O) groups excluding carboxylic acids is 2. The van der Waals surface area contributed by atoms with E-state index in [4.69, 9.17) is 32.0 Å². The summed E-state index contributed by atoms with van der Waals surface area (Å²) in [5.41, 5.74) is 4.65. The molecule has 2 aliphatic rings. The quantitative estimate of drug-likeness (QED) is 0.302. The second-order valence-electron chi connectivity index (χ2n) is 9.83. The SMILES string of the molecule is NC1C/C=C/CN(c2cccc(C(F)(F)F)c2)S(=O)(=O)c2ccc(Cl)c(c2)C(=O)NCC2CN(CCO2)C1=O.O=C(O)C(F)(F)F. The van der Waals surface area contributed by atoms with Crippen molar-refractivity contribution in [1.29, 1.82) is 0 Å². The number of hydrogen-bond acceptors (Lipinski definition) is 7. The van der Waals surface area contributed by atoms with Crippen LogP contribution < -0.4 is 15.4 Å². The highest BCUT2D eigenvalue weighted by molar-refractivity contribution is 7.92. The zero-order valence-electron chi connectivity index (χ0n) is 23.5. The highest BCUT2D eigenvalue weighted by Crippen LogP contribution is 2.34. The fourth-order valence-corrected chi connectivity index (χ4v) is 5.88. The standard InChI is InChI=1S/C25H26ClF3N4O5S.C2HF3O2/c26-21-8-7-19-13-20(21)23(34)31-14-18-15-32(10-11-38-18)24(35)22(30)6-1-2-9-33(39(19,36)37)17-5-3-4-16(12-17)25(27,28)29;3-2(4,5)1(6)7/h1-5,7-8,12-13,18,22H,6,9-11,14-15,30H2,(H,31,34);(H,6,7)/b2-1+;. The lowest BCUT2D eigenvalue weighted by molar-refractivity contribution is -0.192. The average Bonchev–Trinajstić information content (AvgIpc) is 2.98. The largest absolute Gasteiger partial charge is 0.490 e.